The molecule has 3 heteroatoms. The molecular formula is C16H15NO2. The fraction of sp³-hybridized carbons (Fsp3) is 0.188. The van der Waals surface area contributed by atoms with Gasteiger partial charge in [0.15, 0.2) is 5.78 Å². The molecule has 0 aromatic heterocycles. The van der Waals surface area contributed by atoms with Crippen molar-refractivity contribution in [3.8, 4) is 0 Å². The quantitative estimate of drug-likeness (QED) is 0.819. The van der Waals surface area contributed by atoms with E-state index in [1.54, 1.807) is 0 Å². The molecule has 0 saturated heterocycles. The van der Waals surface area contributed by atoms with Crippen LogP contribution < -0.4 is 5.32 Å². The van der Waals surface area contributed by atoms with E-state index >= 15 is 0 Å². The molecule has 0 saturated carbocycles. The van der Waals surface area contributed by atoms with E-state index in [2.05, 4.69) is 5.32 Å². The third-order valence-electron chi connectivity index (χ3n) is 3.41. The Morgan fingerprint density at radius 2 is 1.89 bits per heavy atom. The summed E-state index contributed by atoms with van der Waals surface area (Å²) < 4.78 is 0. The number of Topliss-reactive ketones (excluding diaryl/α,β-unsaturated/α-hetero) is 1. The Kier molecular flexibility index (Phi) is 3.15. The first kappa shape index (κ1) is 12.1. The van der Waals surface area contributed by atoms with Gasteiger partial charge in [-0.2, -0.15) is 0 Å². The molecule has 2 aromatic carbocycles. The number of carbonyl (C=O) groups excluding carboxylic acids is 1. The zero-order valence-corrected chi connectivity index (χ0v) is 10.5. The molecule has 3 nitrogen and oxygen atoms in total. The summed E-state index contributed by atoms with van der Waals surface area (Å²) in [7, 11) is 0. The molecule has 0 fully saturated rings. The summed E-state index contributed by atoms with van der Waals surface area (Å²) in [6.07, 6.45) is 1.95. The van der Waals surface area contributed by atoms with Crippen molar-refractivity contribution >= 4 is 22.6 Å². The molecule has 1 aliphatic carbocycles. The maximum absolute atomic E-state index is 12.4. The lowest BCUT2D eigenvalue weighted by Gasteiger charge is -2.17. The highest BCUT2D eigenvalue weighted by Gasteiger charge is 2.20. The van der Waals surface area contributed by atoms with Gasteiger partial charge in [0.2, 0.25) is 0 Å². The van der Waals surface area contributed by atoms with Crippen molar-refractivity contribution in [1.82, 2.24) is 5.32 Å². The first-order chi connectivity index (χ1) is 9.31. The zero-order valence-electron chi connectivity index (χ0n) is 10.5. The molecule has 0 unspecified atom stereocenters. The molecule has 2 N–H and O–H groups in total. The van der Waals surface area contributed by atoms with Crippen LogP contribution in [0.1, 0.15) is 15.9 Å². The van der Waals surface area contributed by atoms with E-state index in [0.29, 0.717) is 13.1 Å². The third-order valence-corrected chi connectivity index (χ3v) is 3.41. The van der Waals surface area contributed by atoms with Gasteiger partial charge in [0.1, 0.15) is 0 Å². The lowest BCUT2D eigenvalue weighted by atomic mass is 9.88. The summed E-state index contributed by atoms with van der Waals surface area (Å²) in [4.78, 5) is 12.4. The number of aliphatic hydroxyl groups is 1. The highest BCUT2D eigenvalue weighted by Crippen LogP contribution is 2.30. The van der Waals surface area contributed by atoms with Gasteiger partial charge in [-0.3, -0.25) is 4.79 Å². The van der Waals surface area contributed by atoms with Gasteiger partial charge in [-0.1, -0.05) is 36.4 Å². The minimum absolute atomic E-state index is 0.0770. The largest absolute Gasteiger partial charge is 0.395 e. The van der Waals surface area contributed by atoms with Crippen LogP contribution in [0.25, 0.3) is 16.8 Å². The standard InChI is InChI=1S/C16H15NO2/c18-8-7-17-10-13-9-12-5-1-3-11-4-2-6-14(15(11)12)16(13)19/h1-6,9,17-18H,7-8,10H2. The van der Waals surface area contributed by atoms with Gasteiger partial charge < -0.3 is 10.4 Å². The number of aliphatic hydroxyl groups excluding tert-OH is 1. The van der Waals surface area contributed by atoms with Crippen LogP contribution in [-0.4, -0.2) is 30.6 Å². The Morgan fingerprint density at radius 1 is 1.11 bits per heavy atom. The van der Waals surface area contributed by atoms with E-state index in [1.807, 2.05) is 42.5 Å². The normalized spacial score (nSPS) is 13.7. The fourth-order valence-electron chi connectivity index (χ4n) is 2.54. The van der Waals surface area contributed by atoms with Crippen molar-refractivity contribution in [2.24, 2.45) is 0 Å². The van der Waals surface area contributed by atoms with Crippen LogP contribution in [0.3, 0.4) is 0 Å². The molecule has 2 aromatic rings. The van der Waals surface area contributed by atoms with E-state index in [4.69, 9.17) is 5.11 Å². The lowest BCUT2D eigenvalue weighted by molar-refractivity contribution is 0.103. The van der Waals surface area contributed by atoms with Gasteiger partial charge in [0, 0.05) is 29.6 Å². The van der Waals surface area contributed by atoms with Crippen LogP contribution in [0.15, 0.2) is 42.0 Å². The van der Waals surface area contributed by atoms with Crippen LogP contribution in [0.5, 0.6) is 0 Å². The van der Waals surface area contributed by atoms with Crippen molar-refractivity contribution < 1.29 is 9.90 Å². The second-order valence-electron chi connectivity index (χ2n) is 4.65. The van der Waals surface area contributed by atoms with E-state index < -0.39 is 0 Å². The predicted octanol–water partition coefficient (Wildman–Crippen LogP) is 2.00. The Hall–Kier alpha value is -1.97. The molecule has 3 rings (SSSR count). The molecule has 0 spiro atoms. The Balaban J connectivity index is 2.06. The molecule has 0 atom stereocenters. The highest BCUT2D eigenvalue weighted by molar-refractivity contribution is 6.22. The number of carbonyl (C=O) groups is 1. The number of hydrogen-bond donors (Lipinski definition) is 2. The molecule has 0 aliphatic heterocycles. The number of benzene rings is 2. The molecule has 0 amide bonds. The van der Waals surface area contributed by atoms with Crippen LogP contribution in [0.2, 0.25) is 0 Å². The summed E-state index contributed by atoms with van der Waals surface area (Å²) in [5, 5.41) is 14.0. The maximum atomic E-state index is 12.4. The van der Waals surface area contributed by atoms with Crippen LogP contribution in [-0.2, 0) is 0 Å². The smallest absolute Gasteiger partial charge is 0.190 e. The van der Waals surface area contributed by atoms with Crippen LogP contribution >= 0.6 is 0 Å². The minimum Gasteiger partial charge on any atom is -0.395 e. The third kappa shape index (κ3) is 2.07. The molecular weight excluding hydrogens is 238 g/mol. The van der Waals surface area contributed by atoms with Gasteiger partial charge in [-0.25, -0.2) is 0 Å². The molecule has 1 aliphatic rings. The van der Waals surface area contributed by atoms with Crippen LogP contribution in [0.4, 0.5) is 0 Å². The van der Waals surface area contributed by atoms with Crippen molar-refractivity contribution in [2.45, 2.75) is 0 Å². The van der Waals surface area contributed by atoms with E-state index in [9.17, 15) is 4.79 Å². The maximum Gasteiger partial charge on any atom is 0.190 e. The van der Waals surface area contributed by atoms with Crippen molar-refractivity contribution in [3.63, 3.8) is 0 Å². The average molecular weight is 253 g/mol. The molecule has 19 heavy (non-hydrogen) atoms. The first-order valence-corrected chi connectivity index (χ1v) is 6.40. The van der Waals surface area contributed by atoms with E-state index in [1.165, 1.54) is 0 Å². The summed E-state index contributed by atoms with van der Waals surface area (Å²) >= 11 is 0. The Labute approximate surface area is 111 Å². The number of hydrogen-bond acceptors (Lipinski definition) is 3. The highest BCUT2D eigenvalue weighted by atomic mass is 16.3. The number of nitrogens with one attached hydrogen (secondary N) is 1. The second-order valence-corrected chi connectivity index (χ2v) is 4.65. The molecule has 0 heterocycles. The fourth-order valence-corrected chi connectivity index (χ4v) is 2.54. The van der Waals surface area contributed by atoms with Crippen LogP contribution in [0, 0.1) is 0 Å². The number of ketones is 1. The SMILES string of the molecule is O=C1C(CNCCO)=Cc2cccc3cccc1c23. The second kappa shape index (κ2) is 4.96. The summed E-state index contributed by atoms with van der Waals surface area (Å²) in [6.45, 7) is 1.06. The summed E-state index contributed by atoms with van der Waals surface area (Å²) in [5.41, 5.74) is 2.62. The topological polar surface area (TPSA) is 49.3 Å². The molecule has 96 valence electrons. The Morgan fingerprint density at radius 3 is 2.68 bits per heavy atom. The molecule has 0 bridgehead atoms. The molecule has 0 radical (unpaired) electrons. The van der Waals surface area contributed by atoms with Crippen molar-refractivity contribution in [1.29, 1.82) is 0 Å². The van der Waals surface area contributed by atoms with E-state index in [0.717, 1.165) is 27.5 Å². The van der Waals surface area contributed by atoms with Crippen molar-refractivity contribution in [3.05, 3.63) is 53.1 Å². The Bertz CT molecular complexity index is 668. The van der Waals surface area contributed by atoms with Gasteiger partial charge in [0.25, 0.3) is 0 Å². The summed E-state index contributed by atoms with van der Waals surface area (Å²) in [5.74, 6) is 0.0785. The minimum atomic E-state index is 0.0770. The summed E-state index contributed by atoms with van der Waals surface area (Å²) in [6, 6.07) is 11.9. The lowest BCUT2D eigenvalue weighted by Crippen LogP contribution is -2.25. The van der Waals surface area contributed by atoms with Gasteiger partial charge >= 0.3 is 0 Å². The average Bonchev–Trinajstić information content (AvgIpc) is 2.44. The van der Waals surface area contributed by atoms with Gasteiger partial charge in [-0.05, 0) is 17.0 Å². The van der Waals surface area contributed by atoms with Gasteiger partial charge in [0.05, 0.1) is 6.61 Å². The monoisotopic (exact) mass is 253 g/mol. The van der Waals surface area contributed by atoms with Crippen molar-refractivity contribution in [2.75, 3.05) is 19.7 Å². The predicted molar refractivity (Wildman–Crippen MR) is 76.2 cm³/mol. The van der Waals surface area contributed by atoms with Gasteiger partial charge in [-0.15, -0.1) is 0 Å². The van der Waals surface area contributed by atoms with E-state index in [-0.39, 0.29) is 12.4 Å². The number of rotatable bonds is 4. The first-order valence-electron chi connectivity index (χ1n) is 6.40. The zero-order chi connectivity index (χ0) is 13.2.